The quantitative estimate of drug-likeness (QED) is 0.632. The zero-order valence-corrected chi connectivity index (χ0v) is 6.67. The van der Waals surface area contributed by atoms with E-state index >= 15 is 0 Å². The number of rotatable bonds is 1. The minimum atomic E-state index is -2.06. The van der Waals surface area contributed by atoms with E-state index < -0.39 is 11.1 Å². The van der Waals surface area contributed by atoms with Crippen LogP contribution < -0.4 is 0 Å². The van der Waals surface area contributed by atoms with Gasteiger partial charge in [-0.05, 0) is 16.5 Å². The average molecular weight is 275 g/mol. The Bertz CT molecular complexity index is 62.6. The van der Waals surface area contributed by atoms with Crippen LogP contribution in [-0.2, 0) is 32.1 Å². The van der Waals surface area contributed by atoms with Crippen molar-refractivity contribution in [2.45, 2.75) is 0 Å². The zero-order chi connectivity index (χ0) is 4.28. The molecule has 0 saturated heterocycles. The Morgan fingerprint density at radius 3 is 2.00 bits per heavy atom. The fourth-order valence-corrected chi connectivity index (χ4v) is 0. The minimum absolute atomic E-state index is 0. The summed E-state index contributed by atoms with van der Waals surface area (Å²) in [5.41, 5.74) is 0. The van der Waals surface area contributed by atoms with Crippen LogP contribution >= 0.6 is 0 Å². The summed E-state index contributed by atoms with van der Waals surface area (Å²) in [6, 6.07) is 0. The van der Waals surface area contributed by atoms with Crippen LogP contribution in [-0.4, -0.2) is 8.76 Å². The first kappa shape index (κ1) is 9.74. The van der Waals surface area contributed by atoms with Crippen LogP contribution in [0.25, 0.3) is 0 Å². The number of hydrogen-bond donors (Lipinski definition) is 0. The molecule has 0 spiro atoms. The Balaban J connectivity index is 0. The summed E-state index contributed by atoms with van der Waals surface area (Å²) in [5, 5.41) is 0.833. The Labute approximate surface area is 53.2 Å². The van der Waals surface area contributed by atoms with Crippen LogP contribution in [0.15, 0.2) is 12.0 Å². The molecule has 1 atom stereocenters. The molecule has 0 aliphatic heterocycles. The van der Waals surface area contributed by atoms with Gasteiger partial charge in [0.15, 0.2) is 0 Å². The molecule has 6 heavy (non-hydrogen) atoms. The van der Waals surface area contributed by atoms with E-state index in [1.165, 1.54) is 0 Å². The first-order valence-electron chi connectivity index (χ1n) is 0.977. The molecule has 0 aliphatic rings. The standard InChI is InChI=1S/C2H4O2S.W/c1-2-5(3)4;/h2H,1H2,(H,3,4);/q;+2/p-1. The van der Waals surface area contributed by atoms with Crippen molar-refractivity contribution in [1.82, 2.24) is 0 Å². The molecule has 0 rings (SSSR count). The molecule has 34 valence electrons. The van der Waals surface area contributed by atoms with E-state index in [9.17, 15) is 8.76 Å². The van der Waals surface area contributed by atoms with Gasteiger partial charge in [0, 0.05) is 0 Å². The minimum Gasteiger partial charge on any atom is -0.769 e. The average Bonchev–Trinajstić information content (AvgIpc) is 1.38. The normalized spacial score (nSPS) is 11.5. The van der Waals surface area contributed by atoms with Gasteiger partial charge in [-0.15, -0.1) is 0 Å². The van der Waals surface area contributed by atoms with Gasteiger partial charge in [0.05, 0.1) is 0 Å². The topological polar surface area (TPSA) is 40.1 Å². The van der Waals surface area contributed by atoms with Gasteiger partial charge in [0.1, 0.15) is 0 Å². The van der Waals surface area contributed by atoms with Crippen LogP contribution in [0, 0.1) is 0 Å². The molecule has 0 N–H and O–H groups in total. The maximum atomic E-state index is 9.25. The third kappa shape index (κ3) is 8.82. The van der Waals surface area contributed by atoms with Crippen molar-refractivity contribution in [2.24, 2.45) is 0 Å². The summed E-state index contributed by atoms with van der Waals surface area (Å²) in [7, 11) is 0. The molecule has 0 radical (unpaired) electrons. The Kier molecular flexibility index (Phi) is 8.99. The van der Waals surface area contributed by atoms with Gasteiger partial charge in [-0.1, -0.05) is 6.58 Å². The second-order valence-corrected chi connectivity index (χ2v) is 1.28. The molecule has 0 saturated carbocycles. The maximum absolute atomic E-state index is 9.25. The van der Waals surface area contributed by atoms with Crippen molar-refractivity contribution in [3.05, 3.63) is 12.0 Å². The van der Waals surface area contributed by atoms with E-state index in [0.717, 1.165) is 5.41 Å². The summed E-state index contributed by atoms with van der Waals surface area (Å²) in [4.78, 5) is 0. The molecule has 0 amide bonds. The maximum Gasteiger partial charge on any atom is 2.00 e. The monoisotopic (exact) mass is 275 g/mol. The third-order valence-corrected chi connectivity index (χ3v) is 0.408. The van der Waals surface area contributed by atoms with Gasteiger partial charge in [-0.3, -0.25) is 4.21 Å². The molecule has 0 aromatic rings. The van der Waals surface area contributed by atoms with Crippen molar-refractivity contribution < 1.29 is 29.8 Å². The summed E-state index contributed by atoms with van der Waals surface area (Å²) in [6.07, 6.45) is 0. The molecule has 4 heteroatoms. The van der Waals surface area contributed by atoms with Gasteiger partial charge in [0.25, 0.3) is 0 Å². The zero-order valence-electron chi connectivity index (χ0n) is 2.92. The van der Waals surface area contributed by atoms with E-state index in [4.69, 9.17) is 0 Å². The van der Waals surface area contributed by atoms with Crippen molar-refractivity contribution in [1.29, 1.82) is 0 Å². The van der Waals surface area contributed by atoms with Crippen molar-refractivity contribution in [3.63, 3.8) is 0 Å². The Hall–Kier alpha value is 0.538. The first-order chi connectivity index (χ1) is 2.27. The Morgan fingerprint density at radius 1 is 1.83 bits per heavy atom. The molecule has 2 nitrogen and oxygen atoms in total. The molecule has 0 aromatic carbocycles. The van der Waals surface area contributed by atoms with E-state index in [1.54, 1.807) is 0 Å². The second-order valence-electron chi connectivity index (χ2n) is 0.427. The summed E-state index contributed by atoms with van der Waals surface area (Å²) < 4.78 is 18.5. The fraction of sp³-hybridized carbons (Fsp3) is 0. The van der Waals surface area contributed by atoms with Crippen LogP contribution in [0.5, 0.6) is 0 Å². The molecular weight excluding hydrogens is 272 g/mol. The molecular formula is C2H3O2SW+. The van der Waals surface area contributed by atoms with Crippen molar-refractivity contribution in [2.75, 3.05) is 0 Å². The summed E-state index contributed by atoms with van der Waals surface area (Å²) in [5.74, 6) is 0. The molecule has 0 bridgehead atoms. The van der Waals surface area contributed by atoms with Gasteiger partial charge in [-0.2, -0.15) is 0 Å². The van der Waals surface area contributed by atoms with Crippen LogP contribution in [0.2, 0.25) is 0 Å². The van der Waals surface area contributed by atoms with Gasteiger partial charge in [-0.25, -0.2) is 0 Å². The largest absolute Gasteiger partial charge is 2.00 e. The van der Waals surface area contributed by atoms with E-state index in [0.29, 0.717) is 0 Å². The van der Waals surface area contributed by atoms with Crippen LogP contribution in [0.3, 0.4) is 0 Å². The van der Waals surface area contributed by atoms with Gasteiger partial charge in [0.2, 0.25) is 0 Å². The number of hydrogen-bond acceptors (Lipinski definition) is 2. The smallest absolute Gasteiger partial charge is 0.769 e. The first-order valence-corrected chi connectivity index (χ1v) is 2.12. The molecule has 1 unspecified atom stereocenters. The fourth-order valence-electron chi connectivity index (χ4n) is 0. The van der Waals surface area contributed by atoms with Crippen LogP contribution in [0.1, 0.15) is 0 Å². The van der Waals surface area contributed by atoms with Gasteiger partial charge < -0.3 is 4.55 Å². The molecule has 0 fully saturated rings. The second kappa shape index (κ2) is 5.54. The van der Waals surface area contributed by atoms with E-state index in [2.05, 4.69) is 6.58 Å². The Morgan fingerprint density at radius 2 is 2.00 bits per heavy atom. The third-order valence-electron chi connectivity index (χ3n) is 0.136. The molecule has 0 aromatic heterocycles. The summed E-state index contributed by atoms with van der Waals surface area (Å²) in [6.45, 7) is 2.95. The van der Waals surface area contributed by atoms with E-state index in [1.807, 2.05) is 0 Å². The van der Waals surface area contributed by atoms with Crippen molar-refractivity contribution >= 4 is 11.1 Å². The van der Waals surface area contributed by atoms with Crippen LogP contribution in [0.4, 0.5) is 0 Å². The van der Waals surface area contributed by atoms with Crippen molar-refractivity contribution in [3.8, 4) is 0 Å². The predicted molar refractivity (Wildman–Crippen MR) is 19.1 cm³/mol. The molecule has 0 aliphatic carbocycles. The van der Waals surface area contributed by atoms with E-state index in [-0.39, 0.29) is 21.1 Å². The van der Waals surface area contributed by atoms with Gasteiger partial charge >= 0.3 is 21.1 Å². The molecule has 0 heterocycles. The summed E-state index contributed by atoms with van der Waals surface area (Å²) >= 11 is -2.06. The predicted octanol–water partition coefficient (Wildman–Crippen LogP) is 0.00650. The SMILES string of the molecule is C=CS(=O)[O-].[W+2].